The number of carbonyl (C=O) groups excluding carboxylic acids is 2. The second kappa shape index (κ2) is 11.1. The minimum atomic E-state index is 0.0397. The molecule has 4 rings (SSSR count). The summed E-state index contributed by atoms with van der Waals surface area (Å²) in [6, 6.07) is 13.0. The van der Waals surface area contributed by atoms with Gasteiger partial charge in [0, 0.05) is 29.6 Å². The molecule has 2 aromatic rings. The number of benzene rings is 2. The molecule has 2 aromatic carbocycles. The number of carbonyl (C=O) groups is 2. The normalized spacial score (nSPS) is 18.4. The van der Waals surface area contributed by atoms with Crippen LogP contribution in [0.3, 0.4) is 0 Å². The van der Waals surface area contributed by atoms with Crippen LogP contribution in [0.15, 0.2) is 36.4 Å². The van der Waals surface area contributed by atoms with Gasteiger partial charge >= 0.3 is 0 Å². The lowest BCUT2D eigenvalue weighted by molar-refractivity contribution is -0.116. The number of aryl methyl sites for hydroxylation is 1. The molecule has 33 heavy (non-hydrogen) atoms. The zero-order valence-corrected chi connectivity index (χ0v) is 20.2. The lowest BCUT2D eigenvalue weighted by Crippen LogP contribution is -2.37. The van der Waals surface area contributed by atoms with Crippen LogP contribution in [0.4, 0.5) is 5.69 Å². The van der Waals surface area contributed by atoms with Crippen LogP contribution < -0.4 is 10.6 Å². The SMILES string of the molecule is CCCCCCNC(Cc1ccccc1)CC1CCc2c(C)cc3c(c2C1=O)CCC(=O)N3. The summed E-state index contributed by atoms with van der Waals surface area (Å²) in [7, 11) is 0. The first-order chi connectivity index (χ1) is 16.1. The number of rotatable bonds is 10. The molecular formula is C29H38N2O2. The van der Waals surface area contributed by atoms with E-state index in [-0.39, 0.29) is 17.6 Å². The van der Waals surface area contributed by atoms with Crippen molar-refractivity contribution in [3.63, 3.8) is 0 Å². The number of Topliss-reactive ketones (excluding diaryl/α,β-unsaturated/α-hetero) is 1. The lowest BCUT2D eigenvalue weighted by Gasteiger charge is -2.32. The largest absolute Gasteiger partial charge is 0.326 e. The molecule has 1 heterocycles. The number of hydrogen-bond acceptors (Lipinski definition) is 3. The second-order valence-corrected chi connectivity index (χ2v) is 9.86. The van der Waals surface area contributed by atoms with Gasteiger partial charge in [0.15, 0.2) is 5.78 Å². The molecule has 0 saturated carbocycles. The minimum absolute atomic E-state index is 0.0397. The molecule has 2 atom stereocenters. The van der Waals surface area contributed by atoms with Gasteiger partial charge in [-0.05, 0) is 80.3 Å². The van der Waals surface area contributed by atoms with Crippen LogP contribution in [0.25, 0.3) is 0 Å². The van der Waals surface area contributed by atoms with Gasteiger partial charge in [-0.25, -0.2) is 0 Å². The number of amides is 1. The van der Waals surface area contributed by atoms with Crippen LogP contribution >= 0.6 is 0 Å². The maximum atomic E-state index is 13.8. The maximum absolute atomic E-state index is 13.8. The van der Waals surface area contributed by atoms with Crippen molar-refractivity contribution in [2.45, 2.75) is 84.1 Å². The van der Waals surface area contributed by atoms with E-state index >= 15 is 0 Å². The lowest BCUT2D eigenvalue weighted by atomic mass is 9.74. The third kappa shape index (κ3) is 5.73. The molecule has 176 valence electrons. The molecule has 0 aromatic heterocycles. The van der Waals surface area contributed by atoms with Crippen molar-refractivity contribution in [2.75, 3.05) is 11.9 Å². The van der Waals surface area contributed by atoms with E-state index in [1.54, 1.807) is 0 Å². The summed E-state index contributed by atoms with van der Waals surface area (Å²) >= 11 is 0. The Balaban J connectivity index is 1.51. The summed E-state index contributed by atoms with van der Waals surface area (Å²) in [6.45, 7) is 5.32. The van der Waals surface area contributed by atoms with E-state index in [9.17, 15) is 9.59 Å². The summed E-state index contributed by atoms with van der Waals surface area (Å²) in [5.74, 6) is 0.382. The van der Waals surface area contributed by atoms with Gasteiger partial charge in [-0.1, -0.05) is 56.5 Å². The highest BCUT2D eigenvalue weighted by atomic mass is 16.1. The first-order valence-electron chi connectivity index (χ1n) is 12.8. The van der Waals surface area contributed by atoms with Gasteiger partial charge in [0.2, 0.25) is 5.91 Å². The van der Waals surface area contributed by atoms with Crippen molar-refractivity contribution in [1.29, 1.82) is 0 Å². The molecule has 2 N–H and O–H groups in total. The minimum Gasteiger partial charge on any atom is -0.326 e. The number of hydrogen-bond donors (Lipinski definition) is 2. The third-order valence-corrected chi connectivity index (χ3v) is 7.36. The highest BCUT2D eigenvalue weighted by Gasteiger charge is 2.34. The molecule has 0 radical (unpaired) electrons. The average Bonchev–Trinajstić information content (AvgIpc) is 2.81. The quantitative estimate of drug-likeness (QED) is 0.454. The maximum Gasteiger partial charge on any atom is 0.224 e. The van der Waals surface area contributed by atoms with Gasteiger partial charge in [-0.3, -0.25) is 9.59 Å². The van der Waals surface area contributed by atoms with Crippen molar-refractivity contribution in [1.82, 2.24) is 5.32 Å². The fourth-order valence-electron chi connectivity index (χ4n) is 5.56. The third-order valence-electron chi connectivity index (χ3n) is 7.36. The average molecular weight is 447 g/mol. The van der Waals surface area contributed by atoms with Crippen molar-refractivity contribution in [3.05, 3.63) is 64.2 Å². The number of fused-ring (bicyclic) bond motifs is 3. The summed E-state index contributed by atoms with van der Waals surface area (Å²) in [4.78, 5) is 25.7. The molecular weight excluding hydrogens is 408 g/mol. The first-order valence-corrected chi connectivity index (χ1v) is 12.8. The van der Waals surface area contributed by atoms with Gasteiger partial charge < -0.3 is 10.6 Å². The van der Waals surface area contributed by atoms with Gasteiger partial charge in [0.25, 0.3) is 0 Å². The molecule has 4 nitrogen and oxygen atoms in total. The highest BCUT2D eigenvalue weighted by molar-refractivity contribution is 6.05. The molecule has 0 saturated heterocycles. The van der Waals surface area contributed by atoms with Crippen LogP contribution in [0.1, 0.15) is 84.5 Å². The summed E-state index contributed by atoms with van der Waals surface area (Å²) in [6.07, 6.45) is 9.80. The molecule has 1 amide bonds. The summed E-state index contributed by atoms with van der Waals surface area (Å²) < 4.78 is 0. The second-order valence-electron chi connectivity index (χ2n) is 9.86. The van der Waals surface area contributed by atoms with E-state index in [0.29, 0.717) is 18.9 Å². The molecule has 0 spiro atoms. The van der Waals surface area contributed by atoms with Crippen LogP contribution in [-0.4, -0.2) is 24.3 Å². The van der Waals surface area contributed by atoms with Crippen LogP contribution in [-0.2, 0) is 24.1 Å². The fraction of sp³-hybridized carbons (Fsp3) is 0.517. The van der Waals surface area contributed by atoms with Gasteiger partial charge in [-0.2, -0.15) is 0 Å². The monoisotopic (exact) mass is 446 g/mol. The molecule has 2 aliphatic rings. The predicted molar refractivity (Wildman–Crippen MR) is 135 cm³/mol. The molecule has 1 aliphatic carbocycles. The fourth-order valence-corrected chi connectivity index (χ4v) is 5.56. The van der Waals surface area contributed by atoms with E-state index in [2.05, 4.69) is 60.9 Å². The highest BCUT2D eigenvalue weighted by Crippen LogP contribution is 2.38. The number of nitrogens with one attached hydrogen (secondary N) is 2. The Morgan fingerprint density at radius 3 is 2.64 bits per heavy atom. The zero-order valence-electron chi connectivity index (χ0n) is 20.2. The molecule has 2 unspecified atom stereocenters. The van der Waals surface area contributed by atoms with Crippen LogP contribution in [0, 0.1) is 12.8 Å². The Labute approximate surface area is 198 Å². The van der Waals surface area contributed by atoms with E-state index in [1.165, 1.54) is 36.8 Å². The Morgan fingerprint density at radius 2 is 1.85 bits per heavy atom. The Morgan fingerprint density at radius 1 is 1.03 bits per heavy atom. The van der Waals surface area contributed by atoms with E-state index < -0.39 is 0 Å². The topological polar surface area (TPSA) is 58.2 Å². The zero-order chi connectivity index (χ0) is 23.2. The molecule has 0 fully saturated rings. The standard InChI is InChI=1S/C29H38N2O2/c1-3-4-5-9-16-30-23(18-21-10-7-6-8-11-21)19-22-12-13-24-20(2)17-26-25(28(24)29(22)33)14-15-27(32)31-26/h6-8,10-11,17,22-23,30H,3-5,9,12-16,18-19H2,1-2H3,(H,31,32). The van der Waals surface area contributed by atoms with Gasteiger partial charge in [0.05, 0.1) is 0 Å². The summed E-state index contributed by atoms with van der Waals surface area (Å²) in [5, 5.41) is 6.79. The van der Waals surface area contributed by atoms with Crippen LogP contribution in [0.5, 0.6) is 0 Å². The van der Waals surface area contributed by atoms with Crippen molar-refractivity contribution in [3.8, 4) is 0 Å². The van der Waals surface area contributed by atoms with E-state index in [4.69, 9.17) is 0 Å². The molecule has 1 aliphatic heterocycles. The van der Waals surface area contributed by atoms with Gasteiger partial charge in [-0.15, -0.1) is 0 Å². The Hall–Kier alpha value is -2.46. The van der Waals surface area contributed by atoms with E-state index in [0.717, 1.165) is 54.6 Å². The van der Waals surface area contributed by atoms with Crippen molar-refractivity contribution in [2.24, 2.45) is 5.92 Å². The predicted octanol–water partition coefficient (Wildman–Crippen LogP) is 5.80. The van der Waals surface area contributed by atoms with Gasteiger partial charge in [0.1, 0.15) is 0 Å². The number of anilines is 1. The van der Waals surface area contributed by atoms with Crippen molar-refractivity contribution < 1.29 is 9.59 Å². The molecule has 4 heteroatoms. The first kappa shape index (κ1) is 23.7. The summed E-state index contributed by atoms with van der Waals surface area (Å²) in [5.41, 5.74) is 6.50. The van der Waals surface area contributed by atoms with Crippen molar-refractivity contribution >= 4 is 17.4 Å². The number of ketones is 1. The Bertz CT molecular complexity index is 983. The Kier molecular flexibility index (Phi) is 7.97. The van der Waals surface area contributed by atoms with E-state index in [1.807, 2.05) is 0 Å². The smallest absolute Gasteiger partial charge is 0.224 e. The molecule has 0 bridgehead atoms. The van der Waals surface area contributed by atoms with Crippen LogP contribution in [0.2, 0.25) is 0 Å². The number of unbranched alkanes of at least 4 members (excludes halogenated alkanes) is 3.